The fourth-order valence-electron chi connectivity index (χ4n) is 6.44. The van der Waals surface area contributed by atoms with Crippen LogP contribution in [0.1, 0.15) is 83.6 Å². The van der Waals surface area contributed by atoms with Crippen molar-refractivity contribution in [2.24, 2.45) is 41.5 Å². The summed E-state index contributed by atoms with van der Waals surface area (Å²) in [6, 6.07) is 28.5. The second kappa shape index (κ2) is 20.2. The van der Waals surface area contributed by atoms with Crippen LogP contribution in [0.15, 0.2) is 122 Å². The fraction of sp³-hybridized carbons (Fsp3) is 0.467. The predicted octanol–water partition coefficient (Wildman–Crippen LogP) is 14.0. The number of nitrogens with zero attached hydrogens (tertiary/aromatic N) is 6. The second-order valence-electron chi connectivity index (χ2n) is 15.6. The quantitative estimate of drug-likeness (QED) is 0.0589. The number of aryl methyl sites for hydroxylation is 1. The molecular weight excluding hydrogens is 689 g/mol. The van der Waals surface area contributed by atoms with Crippen molar-refractivity contribution >= 4 is 34.1 Å². The van der Waals surface area contributed by atoms with Crippen LogP contribution in [-0.4, -0.2) is 39.6 Å². The lowest BCUT2D eigenvalue weighted by molar-refractivity contribution is 0.00490. The van der Waals surface area contributed by atoms with Gasteiger partial charge in [0.2, 0.25) is 0 Å². The van der Waals surface area contributed by atoms with E-state index in [2.05, 4.69) is 44.5 Å². The molecule has 0 N–H and O–H groups in total. The maximum absolute atomic E-state index is 5.89. The van der Waals surface area contributed by atoms with Gasteiger partial charge in [0, 0.05) is 13.2 Å². The highest BCUT2D eigenvalue weighted by Gasteiger charge is 2.32. The third-order valence-corrected chi connectivity index (χ3v) is 10.5. The molecule has 2 fully saturated rings. The molecule has 6 rings (SSSR count). The van der Waals surface area contributed by atoms with E-state index in [4.69, 9.17) is 18.9 Å². The number of rotatable bonds is 22. The summed E-state index contributed by atoms with van der Waals surface area (Å²) >= 11 is 0. The highest BCUT2D eigenvalue weighted by Crippen LogP contribution is 2.41. The first-order chi connectivity index (χ1) is 26.8. The Balaban J connectivity index is 0.869. The van der Waals surface area contributed by atoms with Crippen LogP contribution in [0.25, 0.3) is 0 Å². The molecule has 2 aliphatic carbocycles. The average molecular weight is 745 g/mol. The zero-order valence-electron chi connectivity index (χ0n) is 32.8. The number of azo groups is 3. The van der Waals surface area contributed by atoms with Crippen molar-refractivity contribution in [3.63, 3.8) is 0 Å². The van der Waals surface area contributed by atoms with Crippen LogP contribution in [0.4, 0.5) is 34.1 Å². The first kappa shape index (κ1) is 39.9. The Labute approximate surface area is 326 Å². The van der Waals surface area contributed by atoms with Crippen molar-refractivity contribution in [3.05, 3.63) is 96.6 Å². The number of hydrogen-bond donors (Lipinski definition) is 0. The Hall–Kier alpha value is -4.80. The van der Waals surface area contributed by atoms with Crippen molar-refractivity contribution < 1.29 is 18.9 Å². The van der Waals surface area contributed by atoms with Gasteiger partial charge >= 0.3 is 0 Å². The molecule has 4 aromatic rings. The summed E-state index contributed by atoms with van der Waals surface area (Å²) in [7, 11) is 0. The Bertz CT molecular complexity index is 1850. The second-order valence-corrected chi connectivity index (χ2v) is 15.6. The van der Waals surface area contributed by atoms with Gasteiger partial charge in [-0.25, -0.2) is 0 Å². The topological polar surface area (TPSA) is 111 Å². The molecule has 0 aliphatic heterocycles. The van der Waals surface area contributed by atoms with Gasteiger partial charge < -0.3 is 18.9 Å². The molecule has 0 saturated heterocycles. The van der Waals surface area contributed by atoms with Gasteiger partial charge in [-0.15, -0.1) is 0 Å². The molecule has 0 aromatic heterocycles. The summed E-state index contributed by atoms with van der Waals surface area (Å²) in [5, 5.41) is 26.4. The molecule has 2 saturated carbocycles. The molecule has 0 spiro atoms. The Morgan fingerprint density at radius 3 is 1.22 bits per heavy atom. The number of benzene rings is 4. The summed E-state index contributed by atoms with van der Waals surface area (Å²) in [5.41, 5.74) is 6.26. The molecule has 2 aliphatic rings. The van der Waals surface area contributed by atoms with E-state index in [-0.39, 0.29) is 0 Å². The van der Waals surface area contributed by atoms with Crippen molar-refractivity contribution in [1.82, 2.24) is 0 Å². The summed E-state index contributed by atoms with van der Waals surface area (Å²) < 4.78 is 23.5. The smallest absolute Gasteiger partial charge is 0.119 e. The van der Waals surface area contributed by atoms with Gasteiger partial charge in [0.15, 0.2) is 0 Å². The summed E-state index contributed by atoms with van der Waals surface area (Å²) in [5.74, 6) is 1.66. The van der Waals surface area contributed by atoms with Gasteiger partial charge in [-0.05, 0) is 166 Å². The number of hydrogen-bond acceptors (Lipinski definition) is 10. The number of ether oxygens (including phenoxy) is 4. The van der Waals surface area contributed by atoms with Crippen LogP contribution in [0, 0.1) is 17.8 Å². The van der Waals surface area contributed by atoms with Crippen LogP contribution < -0.4 is 9.47 Å². The highest BCUT2D eigenvalue weighted by molar-refractivity contribution is 5.54. The molecule has 0 unspecified atom stereocenters. The zero-order chi connectivity index (χ0) is 38.2. The van der Waals surface area contributed by atoms with E-state index in [1.807, 2.05) is 97.9 Å². The summed E-state index contributed by atoms with van der Waals surface area (Å²) in [6.45, 7) is 11.3. The first-order valence-electron chi connectivity index (χ1n) is 19.9. The normalized spacial score (nSPS) is 16.1. The predicted molar refractivity (Wildman–Crippen MR) is 218 cm³/mol. The van der Waals surface area contributed by atoms with Crippen LogP contribution in [-0.2, 0) is 9.47 Å². The minimum absolute atomic E-state index is 0.421. The summed E-state index contributed by atoms with van der Waals surface area (Å²) in [4.78, 5) is 0. The van der Waals surface area contributed by atoms with Crippen molar-refractivity contribution in [2.45, 2.75) is 85.0 Å². The monoisotopic (exact) mass is 744 g/mol. The van der Waals surface area contributed by atoms with E-state index in [0.717, 1.165) is 103 Å². The third-order valence-electron chi connectivity index (χ3n) is 10.5. The first-order valence-corrected chi connectivity index (χ1v) is 19.9. The standard InChI is InChI=1S/C45H56N6O4/c1-35-32-40(50-48-39-16-21-42(22-17-39)55-31-7-5-29-53-34-45(3)26-9-27-45)18-23-43(35)51-49-37-12-10-36(11-13-37)46-47-38-14-19-41(20-15-38)54-30-6-4-28-52-33-44(2)24-8-25-44/h10-23,32H,4-9,24-31,33-34H2,1-3H3/b47-46+,50-48+,51-49+. The minimum Gasteiger partial charge on any atom is -0.494 e. The molecule has 10 heteroatoms. The molecule has 0 atom stereocenters. The molecular formula is C45H56N6O4. The lowest BCUT2D eigenvalue weighted by Crippen LogP contribution is -2.31. The Morgan fingerprint density at radius 1 is 0.455 bits per heavy atom. The summed E-state index contributed by atoms with van der Waals surface area (Å²) in [6.07, 6.45) is 11.8. The SMILES string of the molecule is Cc1cc(/N=N/c2ccc(OCCCCOCC3(C)CCC3)cc2)ccc1/N=N/c1ccc(/N=N/c2ccc(OCCCCOCC3(C)CCC3)cc2)cc1. The van der Waals surface area contributed by atoms with Crippen LogP contribution in [0.2, 0.25) is 0 Å². The van der Waals surface area contributed by atoms with Crippen molar-refractivity contribution in [2.75, 3.05) is 39.6 Å². The lowest BCUT2D eigenvalue weighted by atomic mass is 9.71. The zero-order valence-corrected chi connectivity index (χ0v) is 32.8. The van der Waals surface area contributed by atoms with Crippen LogP contribution in [0.5, 0.6) is 11.5 Å². The Kier molecular flexibility index (Phi) is 14.7. The van der Waals surface area contributed by atoms with Crippen molar-refractivity contribution in [3.8, 4) is 11.5 Å². The van der Waals surface area contributed by atoms with Gasteiger partial charge in [-0.1, -0.05) is 26.7 Å². The van der Waals surface area contributed by atoms with E-state index in [1.54, 1.807) is 0 Å². The van der Waals surface area contributed by atoms with Gasteiger partial charge in [-0.2, -0.15) is 30.7 Å². The largest absolute Gasteiger partial charge is 0.494 e. The molecule has 0 amide bonds. The average Bonchev–Trinajstić information content (AvgIpc) is 3.18. The van der Waals surface area contributed by atoms with Gasteiger partial charge in [0.05, 0.1) is 60.6 Å². The van der Waals surface area contributed by atoms with Crippen LogP contribution >= 0.6 is 0 Å². The third kappa shape index (κ3) is 13.2. The van der Waals surface area contributed by atoms with E-state index in [1.165, 1.54) is 38.5 Å². The van der Waals surface area contributed by atoms with Gasteiger partial charge in [0.25, 0.3) is 0 Å². The van der Waals surface area contributed by atoms with Crippen molar-refractivity contribution in [1.29, 1.82) is 0 Å². The maximum atomic E-state index is 5.89. The van der Waals surface area contributed by atoms with E-state index in [9.17, 15) is 0 Å². The maximum Gasteiger partial charge on any atom is 0.119 e. The van der Waals surface area contributed by atoms with E-state index < -0.39 is 0 Å². The molecule has 0 heterocycles. The van der Waals surface area contributed by atoms with E-state index in [0.29, 0.717) is 24.0 Å². The molecule has 4 aromatic carbocycles. The molecule has 290 valence electrons. The fourth-order valence-corrected chi connectivity index (χ4v) is 6.44. The molecule has 0 bridgehead atoms. The lowest BCUT2D eigenvalue weighted by Gasteiger charge is -2.37. The Morgan fingerprint density at radius 2 is 0.818 bits per heavy atom. The van der Waals surface area contributed by atoms with Gasteiger partial charge in [-0.3, -0.25) is 0 Å². The van der Waals surface area contributed by atoms with Crippen LogP contribution in [0.3, 0.4) is 0 Å². The van der Waals surface area contributed by atoms with E-state index >= 15 is 0 Å². The molecule has 0 radical (unpaired) electrons. The molecule has 55 heavy (non-hydrogen) atoms. The highest BCUT2D eigenvalue weighted by atomic mass is 16.5. The van der Waals surface area contributed by atoms with Gasteiger partial charge in [0.1, 0.15) is 11.5 Å². The number of unbranched alkanes of at least 4 members (excludes halogenated alkanes) is 2. The molecule has 10 nitrogen and oxygen atoms in total. The minimum atomic E-state index is 0.421.